The number of carbonyl (C=O) groups is 5. The Labute approximate surface area is 201 Å². The third-order valence-corrected chi connectivity index (χ3v) is 5.11. The van der Waals surface area contributed by atoms with Gasteiger partial charge in [0.15, 0.2) is 0 Å². The van der Waals surface area contributed by atoms with Gasteiger partial charge in [0.05, 0.1) is 24.9 Å². The van der Waals surface area contributed by atoms with E-state index in [9.17, 15) is 29.2 Å². The molecule has 0 saturated heterocycles. The maximum absolute atomic E-state index is 12.6. The van der Waals surface area contributed by atoms with Crippen molar-refractivity contribution in [3.05, 3.63) is 30.3 Å². The molecule has 1 aromatic rings. The van der Waals surface area contributed by atoms with Gasteiger partial charge in [0, 0.05) is 12.2 Å². The number of esters is 2. The van der Waals surface area contributed by atoms with E-state index in [-0.39, 0.29) is 37.5 Å². The molecule has 0 heterocycles. The summed E-state index contributed by atoms with van der Waals surface area (Å²) in [5.41, 5.74) is 6.02. The van der Waals surface area contributed by atoms with Crippen molar-refractivity contribution in [3.63, 3.8) is 0 Å². The number of para-hydroxylation sites is 1. The highest BCUT2D eigenvalue weighted by Gasteiger charge is 2.27. The molecule has 0 aromatic heterocycles. The van der Waals surface area contributed by atoms with Crippen LogP contribution in [0.5, 0.6) is 0 Å². The van der Waals surface area contributed by atoms with Crippen LogP contribution in [0, 0.1) is 0 Å². The van der Waals surface area contributed by atoms with Gasteiger partial charge < -0.3 is 25.8 Å². The number of rotatable bonds is 13. The minimum Gasteiger partial charge on any atom is -0.466 e. The van der Waals surface area contributed by atoms with Gasteiger partial charge in [-0.15, -0.1) is 0 Å². The summed E-state index contributed by atoms with van der Waals surface area (Å²) in [4.78, 5) is 60.3. The molecule has 0 spiro atoms. The number of nitrogens with zero attached hydrogens (tertiary/aromatic N) is 1. The molecule has 0 fully saturated rings. The number of hydrogen-bond donors (Lipinski definition) is 4. The summed E-state index contributed by atoms with van der Waals surface area (Å²) in [6, 6.07) is 5.58. The Balaban J connectivity index is 2.77. The van der Waals surface area contributed by atoms with Crippen LogP contribution in [0.15, 0.2) is 30.3 Å². The van der Waals surface area contributed by atoms with Crippen molar-refractivity contribution < 1.29 is 38.7 Å². The van der Waals surface area contributed by atoms with Crippen LogP contribution < -0.4 is 21.4 Å². The lowest BCUT2D eigenvalue weighted by atomic mass is 10.1. The molecule has 12 nitrogen and oxygen atoms in total. The first kappa shape index (κ1) is 28.9. The summed E-state index contributed by atoms with van der Waals surface area (Å²) in [5, 5.41) is 14.4. The molecule has 0 aliphatic carbocycles. The van der Waals surface area contributed by atoms with Crippen molar-refractivity contribution in [3.8, 4) is 0 Å². The Morgan fingerprint density at radius 2 is 1.65 bits per heavy atom. The second-order valence-corrected chi connectivity index (χ2v) is 7.73. The summed E-state index contributed by atoms with van der Waals surface area (Å²) in [5.74, 6) is -2.96. The van der Waals surface area contributed by atoms with Gasteiger partial charge in [-0.3, -0.25) is 29.2 Å². The predicted octanol–water partition coefficient (Wildman–Crippen LogP) is 0.570. The Morgan fingerprint density at radius 3 is 2.26 bits per heavy atom. The Hall–Kier alpha value is -3.16. The largest absolute Gasteiger partial charge is 0.466 e. The van der Waals surface area contributed by atoms with Crippen LogP contribution in [-0.2, 0) is 28.7 Å². The smallest absolute Gasteiger partial charge is 0.325 e. The Kier molecular flexibility index (Phi) is 13.3. The molecule has 0 unspecified atom stereocenters. The average Bonchev–Trinajstić information content (AvgIpc) is 2.83. The highest BCUT2D eigenvalue weighted by Crippen LogP contribution is 2.17. The van der Waals surface area contributed by atoms with Crippen LogP contribution in [0.25, 0.3) is 0 Å². The molecule has 13 heteroatoms. The minimum atomic E-state index is -1.27. The molecule has 2 atom stereocenters. The summed E-state index contributed by atoms with van der Waals surface area (Å²) in [7, 11) is 0. The number of carbonyl (C=O) groups excluding carboxylic acids is 5. The third kappa shape index (κ3) is 10.6. The summed E-state index contributed by atoms with van der Waals surface area (Å²) >= 11 is 0.569. The van der Waals surface area contributed by atoms with Crippen LogP contribution in [0.1, 0.15) is 26.7 Å². The predicted molar refractivity (Wildman–Crippen MR) is 124 cm³/mol. The zero-order valence-electron chi connectivity index (χ0n) is 19.0. The van der Waals surface area contributed by atoms with E-state index in [1.54, 1.807) is 32.0 Å². The number of amides is 3. The molecular formula is C21H30N4O8S. The van der Waals surface area contributed by atoms with Crippen molar-refractivity contribution in [1.82, 2.24) is 10.6 Å². The highest BCUT2D eigenvalue weighted by atomic mass is 32.2. The molecule has 3 amide bonds. The van der Waals surface area contributed by atoms with Crippen molar-refractivity contribution >= 4 is 46.4 Å². The number of ether oxygens (including phenoxy) is 2. The van der Waals surface area contributed by atoms with Crippen LogP contribution >= 0.6 is 11.8 Å². The Bertz CT molecular complexity index is 839. The number of thioether (sulfide) groups is 1. The van der Waals surface area contributed by atoms with E-state index in [0.717, 1.165) is 0 Å². The lowest BCUT2D eigenvalue weighted by molar-refractivity contribution is -0.144. The van der Waals surface area contributed by atoms with Crippen LogP contribution in [-0.4, -0.2) is 71.8 Å². The normalized spacial score (nSPS) is 12.1. The van der Waals surface area contributed by atoms with E-state index in [0.29, 0.717) is 16.8 Å². The lowest BCUT2D eigenvalue weighted by Gasteiger charge is -2.21. The summed E-state index contributed by atoms with van der Waals surface area (Å²) < 4.78 is 9.53. The number of hydrogen-bond acceptors (Lipinski definition) is 10. The quantitative estimate of drug-likeness (QED) is 0.171. The van der Waals surface area contributed by atoms with E-state index in [4.69, 9.17) is 15.2 Å². The fourth-order valence-electron chi connectivity index (χ4n) is 2.48. The number of nitrogens with one attached hydrogen (secondary N) is 2. The average molecular weight is 499 g/mol. The SMILES string of the molecule is CCOC(=O)CC[C@H](N)C(=O)N[C@@H](CSC(=O)N(O)c1ccccc1)C(=O)NCC(=O)OCC. The molecule has 0 bridgehead atoms. The van der Waals surface area contributed by atoms with Gasteiger partial charge in [0.25, 0.3) is 0 Å². The molecule has 0 saturated carbocycles. The second-order valence-electron chi connectivity index (χ2n) is 6.76. The fraction of sp³-hybridized carbons (Fsp3) is 0.476. The number of nitrogens with two attached hydrogens (primary N) is 1. The van der Waals surface area contributed by atoms with Gasteiger partial charge in [0.2, 0.25) is 11.8 Å². The van der Waals surface area contributed by atoms with Gasteiger partial charge in [-0.25, -0.2) is 0 Å². The first-order valence-corrected chi connectivity index (χ1v) is 11.5. The van der Waals surface area contributed by atoms with E-state index in [1.807, 2.05) is 0 Å². The minimum absolute atomic E-state index is 0.0215. The van der Waals surface area contributed by atoms with E-state index >= 15 is 0 Å². The van der Waals surface area contributed by atoms with Gasteiger partial charge in [-0.1, -0.05) is 30.0 Å². The van der Waals surface area contributed by atoms with Crippen LogP contribution in [0.3, 0.4) is 0 Å². The van der Waals surface area contributed by atoms with Gasteiger partial charge in [-0.2, -0.15) is 5.06 Å². The standard InChI is InChI=1S/C21H30N4O8S/c1-3-32-17(26)11-10-15(22)19(28)24-16(20(29)23-12-18(27)33-4-2)13-34-21(30)25(31)14-8-6-5-7-9-14/h5-9,15-16,31H,3-4,10-13,22H2,1-2H3,(H,23,29)(H,24,28)/t15-,16-/m0/s1. The molecule has 0 aliphatic heterocycles. The van der Waals surface area contributed by atoms with Gasteiger partial charge in [-0.05, 0) is 32.4 Å². The zero-order chi connectivity index (χ0) is 25.5. The molecule has 188 valence electrons. The first-order valence-electron chi connectivity index (χ1n) is 10.5. The zero-order valence-corrected chi connectivity index (χ0v) is 19.8. The molecule has 1 aromatic carbocycles. The Morgan fingerprint density at radius 1 is 1.03 bits per heavy atom. The van der Waals surface area contributed by atoms with Gasteiger partial charge >= 0.3 is 17.2 Å². The highest BCUT2D eigenvalue weighted by molar-refractivity contribution is 8.13. The molecule has 1 rings (SSSR count). The summed E-state index contributed by atoms with van der Waals surface area (Å²) in [6.45, 7) is 3.13. The number of benzene rings is 1. The molecule has 34 heavy (non-hydrogen) atoms. The molecule has 0 aliphatic rings. The van der Waals surface area contributed by atoms with Crippen molar-refractivity contribution in [2.45, 2.75) is 38.8 Å². The fourth-order valence-corrected chi connectivity index (χ4v) is 3.26. The van der Waals surface area contributed by atoms with E-state index < -0.39 is 47.6 Å². The molecule has 0 radical (unpaired) electrons. The number of anilines is 1. The van der Waals surface area contributed by atoms with Crippen LogP contribution in [0.4, 0.5) is 10.5 Å². The third-order valence-electron chi connectivity index (χ3n) is 4.19. The first-order chi connectivity index (χ1) is 16.2. The van der Waals surface area contributed by atoms with Gasteiger partial charge in [0.1, 0.15) is 12.6 Å². The van der Waals surface area contributed by atoms with E-state index in [1.165, 1.54) is 12.1 Å². The summed E-state index contributed by atoms with van der Waals surface area (Å²) in [6.07, 6.45) is -0.113. The number of hydroxylamine groups is 1. The monoisotopic (exact) mass is 498 g/mol. The van der Waals surface area contributed by atoms with Crippen molar-refractivity contribution in [1.29, 1.82) is 0 Å². The second kappa shape index (κ2) is 15.6. The van der Waals surface area contributed by atoms with Crippen molar-refractivity contribution in [2.24, 2.45) is 5.73 Å². The maximum Gasteiger partial charge on any atom is 0.325 e. The lowest BCUT2D eigenvalue weighted by Crippen LogP contribution is -2.53. The maximum atomic E-state index is 12.6. The van der Waals surface area contributed by atoms with Crippen LogP contribution in [0.2, 0.25) is 0 Å². The van der Waals surface area contributed by atoms with Crippen molar-refractivity contribution in [2.75, 3.05) is 30.6 Å². The molecular weight excluding hydrogens is 468 g/mol. The molecule has 5 N–H and O–H groups in total. The topological polar surface area (TPSA) is 177 Å². The van der Waals surface area contributed by atoms with E-state index in [2.05, 4.69) is 10.6 Å².